The molecule has 0 radical (unpaired) electrons. The highest BCUT2D eigenvalue weighted by Gasteiger charge is 2.12. The van der Waals surface area contributed by atoms with Gasteiger partial charge < -0.3 is 14.6 Å². The third-order valence-corrected chi connectivity index (χ3v) is 8.63. The van der Waals surface area contributed by atoms with Gasteiger partial charge in [0.15, 0.2) is 0 Å². The number of unbranched alkanes of at least 4 members (excludes halogenated alkanes) is 22. The molecule has 0 amide bonds. The SMILES string of the molecule is CCCCCCCCCCCCCCCCCCC(=O)OC[C@H](O)COC(=O)CCCCCCCCCCC(C)CC. The third-order valence-electron chi connectivity index (χ3n) is 8.63. The first kappa shape index (κ1) is 40.9. The van der Waals surface area contributed by atoms with Crippen LogP contribution >= 0.6 is 0 Å². The summed E-state index contributed by atoms with van der Waals surface area (Å²) in [6.45, 7) is 6.66. The van der Waals surface area contributed by atoms with Gasteiger partial charge in [0.1, 0.15) is 19.3 Å². The largest absolute Gasteiger partial charge is 0.463 e. The van der Waals surface area contributed by atoms with E-state index in [1.165, 1.54) is 135 Å². The van der Waals surface area contributed by atoms with Crippen molar-refractivity contribution in [2.75, 3.05) is 13.2 Å². The maximum absolute atomic E-state index is 11.9. The van der Waals surface area contributed by atoms with Gasteiger partial charge in [0.05, 0.1) is 0 Å². The number of carbonyl (C=O) groups excluding carboxylic acids is 2. The lowest BCUT2D eigenvalue weighted by Crippen LogP contribution is -2.25. The van der Waals surface area contributed by atoms with Gasteiger partial charge in [0.2, 0.25) is 0 Å². The highest BCUT2D eigenvalue weighted by Crippen LogP contribution is 2.16. The van der Waals surface area contributed by atoms with Crippen LogP contribution in [0.1, 0.15) is 201 Å². The molecule has 0 aromatic carbocycles. The molecule has 42 heavy (non-hydrogen) atoms. The molecule has 0 saturated heterocycles. The van der Waals surface area contributed by atoms with Gasteiger partial charge in [0.25, 0.3) is 0 Å². The van der Waals surface area contributed by atoms with E-state index in [9.17, 15) is 14.7 Å². The van der Waals surface area contributed by atoms with Gasteiger partial charge in [-0.1, -0.05) is 175 Å². The summed E-state index contributed by atoms with van der Waals surface area (Å²) in [5, 5.41) is 9.98. The van der Waals surface area contributed by atoms with E-state index in [0.717, 1.165) is 38.0 Å². The van der Waals surface area contributed by atoms with Gasteiger partial charge in [-0.3, -0.25) is 9.59 Å². The van der Waals surface area contributed by atoms with Crippen LogP contribution in [0.2, 0.25) is 0 Å². The van der Waals surface area contributed by atoms with Gasteiger partial charge in [-0.25, -0.2) is 0 Å². The first-order valence-electron chi connectivity index (χ1n) is 18.5. The molecule has 1 N–H and O–H groups in total. The van der Waals surface area contributed by atoms with E-state index >= 15 is 0 Å². The minimum atomic E-state index is -0.955. The minimum absolute atomic E-state index is 0.109. The van der Waals surface area contributed by atoms with E-state index in [2.05, 4.69) is 20.8 Å². The van der Waals surface area contributed by atoms with E-state index in [-0.39, 0.29) is 25.2 Å². The molecule has 0 bridgehead atoms. The van der Waals surface area contributed by atoms with Crippen molar-refractivity contribution in [3.05, 3.63) is 0 Å². The molecule has 5 heteroatoms. The highest BCUT2D eigenvalue weighted by atomic mass is 16.6. The lowest BCUT2D eigenvalue weighted by molar-refractivity contribution is -0.152. The molecular formula is C37H72O5. The number of aliphatic hydroxyl groups is 1. The quantitative estimate of drug-likeness (QED) is 0.0602. The fourth-order valence-corrected chi connectivity index (χ4v) is 5.42. The first-order valence-corrected chi connectivity index (χ1v) is 18.5. The zero-order chi connectivity index (χ0) is 30.9. The second kappa shape index (κ2) is 32.8. The second-order valence-electron chi connectivity index (χ2n) is 13.0. The van der Waals surface area contributed by atoms with Gasteiger partial charge >= 0.3 is 11.9 Å². The van der Waals surface area contributed by atoms with Crippen molar-refractivity contribution in [3.63, 3.8) is 0 Å². The zero-order valence-corrected chi connectivity index (χ0v) is 28.4. The lowest BCUT2D eigenvalue weighted by atomic mass is 9.99. The Morgan fingerprint density at radius 2 is 0.810 bits per heavy atom. The van der Waals surface area contributed by atoms with E-state index in [1.807, 2.05) is 0 Å². The Hall–Kier alpha value is -1.10. The molecule has 1 unspecified atom stereocenters. The number of hydrogen-bond donors (Lipinski definition) is 1. The standard InChI is InChI=1S/C37H72O5/c1-4-6-7-8-9-10-11-12-13-14-15-16-17-21-24-27-30-36(39)41-32-35(38)33-42-37(40)31-28-25-22-19-18-20-23-26-29-34(3)5-2/h34-35,38H,4-33H2,1-3H3/t34?,35-/m0/s1. The summed E-state index contributed by atoms with van der Waals surface area (Å²) in [6.07, 6.45) is 32.9. The van der Waals surface area contributed by atoms with Crippen molar-refractivity contribution in [1.29, 1.82) is 0 Å². The van der Waals surface area contributed by atoms with E-state index in [4.69, 9.17) is 9.47 Å². The monoisotopic (exact) mass is 597 g/mol. The summed E-state index contributed by atoms with van der Waals surface area (Å²) in [4.78, 5) is 23.8. The minimum Gasteiger partial charge on any atom is -0.463 e. The van der Waals surface area contributed by atoms with E-state index < -0.39 is 6.10 Å². The molecule has 0 aliphatic rings. The summed E-state index contributed by atoms with van der Waals surface area (Å²) in [7, 11) is 0. The van der Waals surface area contributed by atoms with Gasteiger partial charge in [-0.2, -0.15) is 0 Å². The Morgan fingerprint density at radius 1 is 0.500 bits per heavy atom. The molecule has 0 aliphatic heterocycles. The van der Waals surface area contributed by atoms with Crippen molar-refractivity contribution in [2.45, 2.75) is 207 Å². The summed E-state index contributed by atoms with van der Waals surface area (Å²) in [6, 6.07) is 0. The second-order valence-corrected chi connectivity index (χ2v) is 13.0. The zero-order valence-electron chi connectivity index (χ0n) is 28.4. The summed E-state index contributed by atoms with van der Waals surface area (Å²) in [5.74, 6) is 0.305. The maximum atomic E-state index is 11.9. The fourth-order valence-electron chi connectivity index (χ4n) is 5.42. The number of esters is 2. The van der Waals surface area contributed by atoms with Gasteiger partial charge in [-0.15, -0.1) is 0 Å². The summed E-state index contributed by atoms with van der Waals surface area (Å²) >= 11 is 0. The molecule has 250 valence electrons. The maximum Gasteiger partial charge on any atom is 0.305 e. The summed E-state index contributed by atoms with van der Waals surface area (Å²) < 4.78 is 10.3. The Bertz CT molecular complexity index is 579. The van der Waals surface area contributed by atoms with Crippen LogP contribution in [0.5, 0.6) is 0 Å². The number of carbonyl (C=O) groups is 2. The van der Waals surface area contributed by atoms with Crippen molar-refractivity contribution in [1.82, 2.24) is 0 Å². The molecule has 0 saturated carbocycles. The van der Waals surface area contributed by atoms with Crippen molar-refractivity contribution in [2.24, 2.45) is 5.92 Å². The number of ether oxygens (including phenoxy) is 2. The van der Waals surface area contributed by atoms with Crippen LogP contribution in [0.3, 0.4) is 0 Å². The first-order chi connectivity index (χ1) is 20.5. The molecule has 0 heterocycles. The van der Waals surface area contributed by atoms with Crippen LogP contribution < -0.4 is 0 Å². The average molecular weight is 597 g/mol. The van der Waals surface area contributed by atoms with Crippen LogP contribution in [0, 0.1) is 5.92 Å². The highest BCUT2D eigenvalue weighted by molar-refractivity contribution is 5.69. The van der Waals surface area contributed by atoms with Crippen LogP contribution in [0.15, 0.2) is 0 Å². The van der Waals surface area contributed by atoms with E-state index in [1.54, 1.807) is 0 Å². The van der Waals surface area contributed by atoms with Gasteiger partial charge in [-0.05, 0) is 18.8 Å². The van der Waals surface area contributed by atoms with Crippen molar-refractivity contribution in [3.8, 4) is 0 Å². The normalized spacial score (nSPS) is 12.8. The lowest BCUT2D eigenvalue weighted by Gasteiger charge is -2.12. The Labute approximate surface area is 261 Å². The Kier molecular flexibility index (Phi) is 31.9. The number of hydrogen-bond acceptors (Lipinski definition) is 5. The molecule has 0 aliphatic carbocycles. The summed E-state index contributed by atoms with van der Waals surface area (Å²) in [5.41, 5.74) is 0. The van der Waals surface area contributed by atoms with Crippen LogP contribution in [0.25, 0.3) is 0 Å². The molecule has 0 spiro atoms. The Morgan fingerprint density at radius 3 is 1.14 bits per heavy atom. The molecular weight excluding hydrogens is 524 g/mol. The third kappa shape index (κ3) is 31.8. The van der Waals surface area contributed by atoms with E-state index in [0.29, 0.717) is 12.8 Å². The van der Waals surface area contributed by atoms with Crippen LogP contribution in [-0.2, 0) is 19.1 Å². The topological polar surface area (TPSA) is 72.8 Å². The van der Waals surface area contributed by atoms with Crippen molar-refractivity contribution < 1.29 is 24.2 Å². The predicted octanol–water partition coefficient (Wildman–Crippen LogP) is 11.0. The number of rotatable bonds is 33. The van der Waals surface area contributed by atoms with Gasteiger partial charge in [0, 0.05) is 12.8 Å². The predicted molar refractivity (Wildman–Crippen MR) is 178 cm³/mol. The van der Waals surface area contributed by atoms with Crippen molar-refractivity contribution >= 4 is 11.9 Å². The number of aliphatic hydroxyl groups excluding tert-OH is 1. The molecule has 0 aromatic rings. The molecule has 0 aromatic heterocycles. The molecule has 5 nitrogen and oxygen atoms in total. The smallest absolute Gasteiger partial charge is 0.305 e. The molecule has 2 atom stereocenters. The van der Waals surface area contributed by atoms with Crippen LogP contribution in [-0.4, -0.2) is 36.4 Å². The Balaban J connectivity index is 3.40. The molecule has 0 fully saturated rings. The fraction of sp³-hybridized carbons (Fsp3) is 0.946. The molecule has 0 rings (SSSR count). The average Bonchev–Trinajstić information content (AvgIpc) is 2.99. The van der Waals surface area contributed by atoms with Crippen LogP contribution in [0.4, 0.5) is 0 Å².